The highest BCUT2D eigenvalue weighted by Gasteiger charge is 2.21. The number of nitriles is 1. The van der Waals surface area contributed by atoms with Crippen molar-refractivity contribution in [3.63, 3.8) is 0 Å². The molecule has 0 radical (unpaired) electrons. The first-order chi connectivity index (χ1) is 9.29. The second-order valence-electron chi connectivity index (χ2n) is 5.27. The van der Waals surface area contributed by atoms with E-state index in [0.29, 0.717) is 12.3 Å². The van der Waals surface area contributed by atoms with Crippen molar-refractivity contribution in [3.8, 4) is 6.07 Å². The van der Waals surface area contributed by atoms with Crippen LogP contribution in [-0.4, -0.2) is 12.5 Å². The van der Waals surface area contributed by atoms with Gasteiger partial charge in [0.1, 0.15) is 5.92 Å². The quantitative estimate of drug-likeness (QED) is 0.880. The molecule has 3 nitrogen and oxygen atoms in total. The van der Waals surface area contributed by atoms with E-state index in [1.54, 1.807) is 0 Å². The number of hydrogen-bond donors (Lipinski definition) is 1. The standard InChI is InChI=1S/C16H20N2O/c17-11-15(10-13-6-2-1-3-7-13)16(19)18-12-14-8-4-5-9-14/h1-3,6-7,14-15H,4-5,8-10,12H2,(H,18,19). The largest absolute Gasteiger partial charge is 0.355 e. The summed E-state index contributed by atoms with van der Waals surface area (Å²) in [6.45, 7) is 0.728. The van der Waals surface area contributed by atoms with Gasteiger partial charge in [0.15, 0.2) is 0 Å². The SMILES string of the molecule is N#CC(Cc1ccccc1)C(=O)NCC1CCCC1. The Morgan fingerprint density at radius 1 is 1.32 bits per heavy atom. The second kappa shape index (κ2) is 6.94. The van der Waals surface area contributed by atoms with Crippen LogP contribution in [0.5, 0.6) is 0 Å². The third-order valence-corrected chi connectivity index (χ3v) is 3.79. The Hall–Kier alpha value is -1.82. The van der Waals surface area contributed by atoms with Gasteiger partial charge < -0.3 is 5.32 Å². The van der Waals surface area contributed by atoms with Gasteiger partial charge >= 0.3 is 0 Å². The maximum Gasteiger partial charge on any atom is 0.237 e. The summed E-state index contributed by atoms with van der Waals surface area (Å²) in [5, 5.41) is 12.1. The summed E-state index contributed by atoms with van der Waals surface area (Å²) in [7, 11) is 0. The molecule has 0 aromatic heterocycles. The van der Waals surface area contributed by atoms with E-state index in [-0.39, 0.29) is 5.91 Å². The summed E-state index contributed by atoms with van der Waals surface area (Å²) in [5.41, 5.74) is 1.03. The molecule has 1 aromatic rings. The Labute approximate surface area is 114 Å². The van der Waals surface area contributed by atoms with E-state index in [1.807, 2.05) is 30.3 Å². The Balaban J connectivity index is 1.83. The van der Waals surface area contributed by atoms with Crippen LogP contribution in [0.25, 0.3) is 0 Å². The molecule has 3 heteroatoms. The fraction of sp³-hybridized carbons (Fsp3) is 0.500. The Morgan fingerprint density at radius 2 is 2.00 bits per heavy atom. The summed E-state index contributed by atoms with van der Waals surface area (Å²) in [6.07, 6.45) is 5.44. The first-order valence-electron chi connectivity index (χ1n) is 7.01. The Morgan fingerprint density at radius 3 is 2.63 bits per heavy atom. The van der Waals surface area contributed by atoms with Crippen molar-refractivity contribution in [1.82, 2.24) is 5.32 Å². The third kappa shape index (κ3) is 4.10. The van der Waals surface area contributed by atoms with Gasteiger partial charge in [0.25, 0.3) is 0 Å². The zero-order valence-corrected chi connectivity index (χ0v) is 11.1. The number of nitrogens with zero attached hydrogens (tertiary/aromatic N) is 1. The number of carbonyl (C=O) groups excluding carboxylic acids is 1. The lowest BCUT2D eigenvalue weighted by Gasteiger charge is -2.13. The summed E-state index contributed by atoms with van der Waals surface area (Å²) in [6, 6.07) is 11.8. The smallest absolute Gasteiger partial charge is 0.237 e. The summed E-state index contributed by atoms with van der Waals surface area (Å²) in [4.78, 5) is 12.0. The van der Waals surface area contributed by atoms with Gasteiger partial charge in [-0.1, -0.05) is 43.2 Å². The van der Waals surface area contributed by atoms with Gasteiger partial charge in [0.05, 0.1) is 6.07 Å². The Kier molecular flexibility index (Phi) is 4.97. The number of hydrogen-bond acceptors (Lipinski definition) is 2. The molecule has 1 aliphatic rings. The fourth-order valence-corrected chi connectivity index (χ4v) is 2.63. The Bertz CT molecular complexity index is 444. The molecule has 1 unspecified atom stereocenters. The minimum atomic E-state index is -0.580. The third-order valence-electron chi connectivity index (χ3n) is 3.79. The van der Waals surface area contributed by atoms with Crippen LogP contribution in [0.1, 0.15) is 31.2 Å². The van der Waals surface area contributed by atoms with E-state index in [0.717, 1.165) is 12.1 Å². The van der Waals surface area contributed by atoms with Crippen molar-refractivity contribution in [2.24, 2.45) is 11.8 Å². The lowest BCUT2D eigenvalue weighted by atomic mass is 9.99. The zero-order chi connectivity index (χ0) is 13.5. The van der Waals surface area contributed by atoms with Crippen LogP contribution in [0.3, 0.4) is 0 Å². The lowest BCUT2D eigenvalue weighted by Crippen LogP contribution is -2.34. The average molecular weight is 256 g/mol. The molecule has 0 aliphatic heterocycles. The van der Waals surface area contributed by atoms with E-state index in [4.69, 9.17) is 5.26 Å². The van der Waals surface area contributed by atoms with Gasteiger partial charge in [0, 0.05) is 6.54 Å². The molecule has 1 amide bonds. The minimum Gasteiger partial charge on any atom is -0.355 e. The van der Waals surface area contributed by atoms with Gasteiger partial charge in [-0.2, -0.15) is 5.26 Å². The highest BCUT2D eigenvalue weighted by Crippen LogP contribution is 2.23. The fourth-order valence-electron chi connectivity index (χ4n) is 2.63. The molecule has 1 aliphatic carbocycles. The van der Waals surface area contributed by atoms with Crippen LogP contribution >= 0.6 is 0 Å². The van der Waals surface area contributed by atoms with Crippen LogP contribution in [0.2, 0.25) is 0 Å². The molecule has 1 aromatic carbocycles. The molecular weight excluding hydrogens is 236 g/mol. The molecule has 2 rings (SSSR count). The highest BCUT2D eigenvalue weighted by molar-refractivity contribution is 5.81. The minimum absolute atomic E-state index is 0.127. The summed E-state index contributed by atoms with van der Waals surface area (Å²) >= 11 is 0. The predicted molar refractivity (Wildman–Crippen MR) is 74.2 cm³/mol. The number of benzene rings is 1. The molecular formula is C16H20N2O. The van der Waals surface area contributed by atoms with Crippen LogP contribution in [0.4, 0.5) is 0 Å². The average Bonchev–Trinajstić information content (AvgIpc) is 2.96. The molecule has 1 N–H and O–H groups in total. The van der Waals surface area contributed by atoms with Crippen molar-refractivity contribution in [2.75, 3.05) is 6.54 Å². The topological polar surface area (TPSA) is 52.9 Å². The summed E-state index contributed by atoms with van der Waals surface area (Å²) in [5.74, 6) is -0.0953. The van der Waals surface area contributed by atoms with Gasteiger partial charge in [-0.25, -0.2) is 0 Å². The number of amides is 1. The van der Waals surface area contributed by atoms with Crippen molar-refractivity contribution < 1.29 is 4.79 Å². The second-order valence-corrected chi connectivity index (χ2v) is 5.27. The monoisotopic (exact) mass is 256 g/mol. The first-order valence-corrected chi connectivity index (χ1v) is 7.01. The van der Waals surface area contributed by atoms with Gasteiger partial charge in [0.2, 0.25) is 5.91 Å². The van der Waals surface area contributed by atoms with Crippen LogP contribution in [0.15, 0.2) is 30.3 Å². The molecule has 0 saturated heterocycles. The number of nitrogens with one attached hydrogen (secondary N) is 1. The van der Waals surface area contributed by atoms with Crippen LogP contribution < -0.4 is 5.32 Å². The normalized spacial score (nSPS) is 16.8. The molecule has 0 spiro atoms. The van der Waals surface area contributed by atoms with Gasteiger partial charge in [-0.3, -0.25) is 4.79 Å². The molecule has 1 saturated carbocycles. The highest BCUT2D eigenvalue weighted by atomic mass is 16.1. The molecule has 1 fully saturated rings. The van der Waals surface area contributed by atoms with E-state index in [1.165, 1.54) is 25.7 Å². The van der Waals surface area contributed by atoms with Crippen molar-refractivity contribution >= 4 is 5.91 Å². The van der Waals surface area contributed by atoms with Crippen molar-refractivity contribution in [1.29, 1.82) is 5.26 Å². The van der Waals surface area contributed by atoms with Gasteiger partial charge in [-0.15, -0.1) is 0 Å². The molecule has 0 heterocycles. The predicted octanol–water partition coefficient (Wildman–Crippen LogP) is 2.68. The van der Waals surface area contributed by atoms with E-state index >= 15 is 0 Å². The maximum absolute atomic E-state index is 12.0. The van der Waals surface area contributed by atoms with Crippen molar-refractivity contribution in [3.05, 3.63) is 35.9 Å². The lowest BCUT2D eigenvalue weighted by molar-refractivity contribution is -0.123. The van der Waals surface area contributed by atoms with Crippen molar-refractivity contribution in [2.45, 2.75) is 32.1 Å². The number of rotatable bonds is 5. The number of carbonyl (C=O) groups is 1. The first kappa shape index (κ1) is 13.6. The van der Waals surface area contributed by atoms with E-state index < -0.39 is 5.92 Å². The van der Waals surface area contributed by atoms with Gasteiger partial charge in [-0.05, 0) is 30.7 Å². The molecule has 1 atom stereocenters. The van der Waals surface area contributed by atoms with E-state index in [2.05, 4.69) is 11.4 Å². The molecule has 100 valence electrons. The molecule has 19 heavy (non-hydrogen) atoms. The van der Waals surface area contributed by atoms with Crippen LogP contribution in [-0.2, 0) is 11.2 Å². The van der Waals surface area contributed by atoms with E-state index in [9.17, 15) is 4.79 Å². The molecule has 0 bridgehead atoms. The maximum atomic E-state index is 12.0. The van der Waals surface area contributed by atoms with Crippen LogP contribution in [0, 0.1) is 23.2 Å². The summed E-state index contributed by atoms with van der Waals surface area (Å²) < 4.78 is 0. The zero-order valence-electron chi connectivity index (χ0n) is 11.1.